The summed E-state index contributed by atoms with van der Waals surface area (Å²) in [6, 6.07) is 0.417. The van der Waals surface area contributed by atoms with Crippen molar-refractivity contribution in [2.45, 2.75) is 72.9 Å². The Bertz CT molecular complexity index is 1110. The van der Waals surface area contributed by atoms with Crippen LogP contribution < -0.4 is 11.3 Å². The van der Waals surface area contributed by atoms with Crippen molar-refractivity contribution in [1.82, 2.24) is 29.3 Å². The quantitative estimate of drug-likeness (QED) is 0.179. The van der Waals surface area contributed by atoms with Crippen LogP contribution in [0.2, 0.25) is 0 Å². The van der Waals surface area contributed by atoms with Crippen molar-refractivity contribution in [3.05, 3.63) is 28.9 Å². The van der Waals surface area contributed by atoms with E-state index in [0.717, 1.165) is 0 Å². The van der Waals surface area contributed by atoms with E-state index in [1.807, 2.05) is 14.1 Å². The number of hydrogen-bond acceptors (Lipinski definition) is 9. The molecule has 0 bridgehead atoms. The van der Waals surface area contributed by atoms with Gasteiger partial charge in [0.25, 0.3) is 5.56 Å². The highest BCUT2D eigenvalue weighted by molar-refractivity contribution is 7.44. The lowest BCUT2D eigenvalue weighted by Crippen LogP contribution is -2.34. The van der Waals surface area contributed by atoms with Crippen LogP contribution in [-0.2, 0) is 13.8 Å². The van der Waals surface area contributed by atoms with Crippen molar-refractivity contribution in [3.8, 4) is 0 Å². The highest BCUT2D eigenvalue weighted by Gasteiger charge is 2.37. The first-order chi connectivity index (χ1) is 17.0. The Hall–Kier alpha value is -2.37. The van der Waals surface area contributed by atoms with Gasteiger partial charge in [0.1, 0.15) is 11.1 Å². The Kier molecular flexibility index (Phi) is 11.2. The van der Waals surface area contributed by atoms with Gasteiger partial charge in [-0.05, 0) is 40.0 Å². The van der Waals surface area contributed by atoms with Crippen molar-refractivity contribution >= 4 is 31.8 Å². The van der Waals surface area contributed by atoms with Crippen molar-refractivity contribution < 1.29 is 13.8 Å². The first-order valence-electron chi connectivity index (χ1n) is 12.1. The number of hydrogen-bond donors (Lipinski definition) is 2. The van der Waals surface area contributed by atoms with E-state index in [4.69, 9.17) is 19.5 Å². The highest BCUT2D eigenvalue weighted by Crippen LogP contribution is 2.48. The fourth-order valence-corrected chi connectivity index (χ4v) is 5.59. The SMILES string of the molecule is C.C=C(CN)OP(OCC1OC(n2ncc3c(=O)[nH]c(N=CN(C)C)nc32)CC1C)N(C(C)C)C(C)C. The van der Waals surface area contributed by atoms with Gasteiger partial charge in [-0.3, -0.25) is 9.78 Å². The summed E-state index contributed by atoms with van der Waals surface area (Å²) in [7, 11) is 2.26. The van der Waals surface area contributed by atoms with Crippen LogP contribution in [0, 0.1) is 5.92 Å². The van der Waals surface area contributed by atoms with E-state index < -0.39 is 8.53 Å². The number of aliphatic imine (C=N–C) groups is 1. The fourth-order valence-electron chi connectivity index (χ4n) is 3.99. The first kappa shape index (κ1) is 30.9. The molecule has 12 nitrogen and oxygen atoms in total. The second-order valence-corrected chi connectivity index (χ2v) is 11.1. The molecule has 3 N–H and O–H groups in total. The maximum Gasteiger partial charge on any atom is 0.321 e. The largest absolute Gasteiger partial charge is 0.440 e. The number of H-pyrrole nitrogens is 1. The number of aromatic nitrogens is 4. The van der Waals surface area contributed by atoms with Gasteiger partial charge in [-0.1, -0.05) is 20.9 Å². The molecule has 4 unspecified atom stereocenters. The summed E-state index contributed by atoms with van der Waals surface area (Å²) in [5.74, 6) is 0.876. The van der Waals surface area contributed by atoms with Gasteiger partial charge in [0.15, 0.2) is 11.9 Å². The van der Waals surface area contributed by atoms with Gasteiger partial charge >= 0.3 is 8.53 Å². The number of nitrogens with one attached hydrogen (secondary N) is 1. The molecule has 0 amide bonds. The molecule has 13 heteroatoms. The van der Waals surface area contributed by atoms with Crippen LogP contribution in [0.3, 0.4) is 0 Å². The number of nitrogens with zero attached hydrogens (tertiary/aromatic N) is 6. The van der Waals surface area contributed by atoms with E-state index >= 15 is 0 Å². The number of fused-ring (bicyclic) bond motifs is 1. The predicted octanol–water partition coefficient (Wildman–Crippen LogP) is 3.75. The Morgan fingerprint density at radius 2 is 2.08 bits per heavy atom. The minimum absolute atomic E-state index is 0. The Morgan fingerprint density at radius 1 is 1.41 bits per heavy atom. The molecule has 4 atom stereocenters. The zero-order valence-electron chi connectivity index (χ0n) is 22.2. The van der Waals surface area contributed by atoms with Crippen molar-refractivity contribution in [1.29, 1.82) is 0 Å². The smallest absolute Gasteiger partial charge is 0.321 e. The molecular formula is C24H43N8O4P. The second-order valence-electron chi connectivity index (χ2n) is 9.70. The maximum absolute atomic E-state index is 12.5. The third-order valence-corrected chi connectivity index (χ3v) is 7.79. The monoisotopic (exact) mass is 538 g/mol. The number of rotatable bonds is 12. The summed E-state index contributed by atoms with van der Waals surface area (Å²) >= 11 is 0. The molecular weight excluding hydrogens is 495 g/mol. The zero-order valence-corrected chi connectivity index (χ0v) is 23.1. The summed E-state index contributed by atoms with van der Waals surface area (Å²) in [4.78, 5) is 25.7. The predicted molar refractivity (Wildman–Crippen MR) is 149 cm³/mol. The average molecular weight is 539 g/mol. The van der Waals surface area contributed by atoms with Gasteiger partial charge in [0, 0.05) is 26.2 Å². The van der Waals surface area contributed by atoms with Crippen LogP contribution in [0.5, 0.6) is 0 Å². The molecule has 208 valence electrons. The minimum atomic E-state index is -1.42. The van der Waals surface area contributed by atoms with Gasteiger partial charge in [-0.2, -0.15) is 10.1 Å². The standard InChI is InChI=1S/C23H39N8O4P.CH4/c1-14(2)31(15(3)4)36(35-17(6)10-24)33-12-19-16(5)9-20(34-19)30-21-18(11-26-30)22(32)28-23(27-21)25-13-29(7)8;/h11,13-16,19-20H,6,9-10,12,24H2,1-5,7-8H3,(H,27,28,32);1H4. The topological polar surface area (TPSA) is 136 Å². The molecule has 0 saturated carbocycles. The van der Waals surface area contributed by atoms with E-state index in [-0.39, 0.29) is 55.8 Å². The molecule has 1 saturated heterocycles. The number of nitrogens with two attached hydrogens (primary N) is 1. The van der Waals surface area contributed by atoms with Crippen LogP contribution in [-0.4, -0.2) is 81.1 Å². The molecule has 2 aromatic heterocycles. The molecule has 0 aliphatic carbocycles. The van der Waals surface area contributed by atoms with Gasteiger partial charge in [0.2, 0.25) is 5.95 Å². The maximum atomic E-state index is 12.5. The minimum Gasteiger partial charge on any atom is -0.440 e. The molecule has 1 aliphatic heterocycles. The summed E-state index contributed by atoms with van der Waals surface area (Å²) in [5, 5.41) is 4.80. The van der Waals surface area contributed by atoms with Crippen LogP contribution >= 0.6 is 8.53 Å². The summed E-state index contributed by atoms with van der Waals surface area (Å²) in [6.45, 7) is 15.0. The van der Waals surface area contributed by atoms with E-state index in [2.05, 4.69) is 65.9 Å². The Balaban J connectivity index is 0.00000481. The summed E-state index contributed by atoms with van der Waals surface area (Å²) in [5.41, 5.74) is 5.85. The Labute approximate surface area is 220 Å². The average Bonchev–Trinajstić information content (AvgIpc) is 3.38. The molecule has 1 fully saturated rings. The van der Waals surface area contributed by atoms with Crippen molar-refractivity contribution in [2.75, 3.05) is 27.2 Å². The zero-order chi connectivity index (χ0) is 26.6. The lowest BCUT2D eigenvalue weighted by molar-refractivity contribution is -0.0299. The molecule has 3 rings (SSSR count). The molecule has 0 aromatic carbocycles. The van der Waals surface area contributed by atoms with E-state index in [0.29, 0.717) is 29.8 Å². The van der Waals surface area contributed by atoms with Gasteiger partial charge in [-0.15, -0.1) is 0 Å². The van der Waals surface area contributed by atoms with Crippen LogP contribution in [0.4, 0.5) is 5.95 Å². The third-order valence-electron chi connectivity index (χ3n) is 5.71. The van der Waals surface area contributed by atoms with Crippen LogP contribution in [0.15, 0.2) is 28.3 Å². The van der Waals surface area contributed by atoms with Gasteiger partial charge in [-0.25, -0.2) is 14.3 Å². The van der Waals surface area contributed by atoms with Crippen molar-refractivity contribution in [3.63, 3.8) is 0 Å². The molecule has 2 aromatic rings. The highest BCUT2D eigenvalue weighted by atomic mass is 31.2. The fraction of sp³-hybridized carbons (Fsp3) is 0.667. The summed E-state index contributed by atoms with van der Waals surface area (Å²) < 4.78 is 22.5. The lowest BCUT2D eigenvalue weighted by atomic mass is 10.0. The molecule has 3 heterocycles. The van der Waals surface area contributed by atoms with Crippen LogP contribution in [0.25, 0.3) is 11.0 Å². The normalized spacial score (nSPS) is 20.8. The van der Waals surface area contributed by atoms with E-state index in [1.54, 1.807) is 15.9 Å². The van der Waals surface area contributed by atoms with Gasteiger partial charge in [0.05, 0.1) is 31.8 Å². The van der Waals surface area contributed by atoms with E-state index in [1.165, 1.54) is 6.20 Å². The third kappa shape index (κ3) is 7.58. The van der Waals surface area contributed by atoms with E-state index in [9.17, 15) is 4.79 Å². The number of aromatic amines is 1. The van der Waals surface area contributed by atoms with Gasteiger partial charge < -0.3 is 24.4 Å². The van der Waals surface area contributed by atoms with Crippen molar-refractivity contribution in [2.24, 2.45) is 16.6 Å². The molecule has 37 heavy (non-hydrogen) atoms. The molecule has 0 radical (unpaired) electrons. The Morgan fingerprint density at radius 3 is 2.68 bits per heavy atom. The molecule has 1 aliphatic rings. The first-order valence-corrected chi connectivity index (χ1v) is 13.3. The lowest BCUT2D eigenvalue weighted by Gasteiger charge is -2.36. The number of ether oxygens (including phenoxy) is 1. The van der Waals surface area contributed by atoms with Crippen LogP contribution in [0.1, 0.15) is 54.7 Å². The summed E-state index contributed by atoms with van der Waals surface area (Å²) in [6.07, 6.45) is 3.20. The molecule has 0 spiro atoms. The second kappa shape index (κ2) is 13.4.